The van der Waals surface area contributed by atoms with Gasteiger partial charge in [0.2, 0.25) is 0 Å². The average Bonchev–Trinajstić information content (AvgIpc) is 2.34. The Hall–Kier alpha value is -2.18. The zero-order valence-corrected chi connectivity index (χ0v) is 10.9. The number of hydrogen-bond acceptors (Lipinski definition) is 5. The molecule has 1 fully saturated rings. The summed E-state index contributed by atoms with van der Waals surface area (Å²) in [5.74, 6) is 0.117. The first kappa shape index (κ1) is 13.3. The van der Waals surface area contributed by atoms with Gasteiger partial charge >= 0.3 is 0 Å². The normalized spacial score (nSPS) is 14.6. The highest BCUT2D eigenvalue weighted by Crippen LogP contribution is 2.27. The van der Waals surface area contributed by atoms with Crippen LogP contribution in [0.5, 0.6) is 0 Å². The van der Waals surface area contributed by atoms with Crippen molar-refractivity contribution in [2.45, 2.75) is 25.3 Å². The number of aromatic nitrogens is 1. The molecule has 0 spiro atoms. The Morgan fingerprint density at radius 3 is 2.74 bits per heavy atom. The van der Waals surface area contributed by atoms with E-state index in [2.05, 4.69) is 10.3 Å². The SMILES string of the molecule is CNc1cc(C(=O)N(C)C2CCC2)c([N+](=O)[O-])cn1. The number of carbonyl (C=O) groups is 1. The standard InChI is InChI=1S/C12H16N4O3/c1-13-11-6-9(10(7-14-11)16(18)19)12(17)15(2)8-4-3-5-8/h6-8H,3-5H2,1-2H3,(H,13,14). The van der Waals surface area contributed by atoms with Crippen LogP contribution in [-0.4, -0.2) is 40.9 Å². The van der Waals surface area contributed by atoms with Crippen molar-refractivity contribution in [1.29, 1.82) is 0 Å². The molecule has 1 aromatic heterocycles. The van der Waals surface area contributed by atoms with Crippen LogP contribution >= 0.6 is 0 Å². The summed E-state index contributed by atoms with van der Waals surface area (Å²) >= 11 is 0. The molecule has 1 N–H and O–H groups in total. The van der Waals surface area contributed by atoms with Crippen LogP contribution in [0.15, 0.2) is 12.3 Å². The number of nitrogens with zero attached hydrogens (tertiary/aromatic N) is 3. The summed E-state index contributed by atoms with van der Waals surface area (Å²) in [6.07, 6.45) is 4.14. The fourth-order valence-corrected chi connectivity index (χ4v) is 2.03. The van der Waals surface area contributed by atoms with Crippen LogP contribution in [0.4, 0.5) is 11.5 Å². The highest BCUT2D eigenvalue weighted by atomic mass is 16.6. The number of amides is 1. The lowest BCUT2D eigenvalue weighted by Crippen LogP contribution is -2.41. The minimum absolute atomic E-state index is 0.0822. The predicted molar refractivity (Wildman–Crippen MR) is 70.2 cm³/mol. The lowest BCUT2D eigenvalue weighted by atomic mass is 9.91. The van der Waals surface area contributed by atoms with E-state index in [0.717, 1.165) is 25.5 Å². The molecule has 1 heterocycles. The van der Waals surface area contributed by atoms with E-state index in [0.29, 0.717) is 5.82 Å². The molecule has 1 aliphatic rings. The van der Waals surface area contributed by atoms with Crippen LogP contribution in [0.3, 0.4) is 0 Å². The molecule has 2 rings (SSSR count). The highest BCUT2D eigenvalue weighted by Gasteiger charge is 2.30. The van der Waals surface area contributed by atoms with Gasteiger partial charge in [-0.3, -0.25) is 14.9 Å². The molecule has 7 heteroatoms. The van der Waals surface area contributed by atoms with E-state index in [1.165, 1.54) is 6.07 Å². The van der Waals surface area contributed by atoms with Gasteiger partial charge < -0.3 is 10.2 Å². The predicted octanol–water partition coefficient (Wildman–Crippen LogP) is 1.66. The van der Waals surface area contributed by atoms with Crippen molar-refractivity contribution in [2.24, 2.45) is 0 Å². The van der Waals surface area contributed by atoms with E-state index in [4.69, 9.17) is 0 Å². The number of rotatable bonds is 4. The Morgan fingerprint density at radius 1 is 1.58 bits per heavy atom. The summed E-state index contributed by atoms with van der Waals surface area (Å²) < 4.78 is 0. The van der Waals surface area contributed by atoms with Crippen molar-refractivity contribution in [3.05, 3.63) is 27.9 Å². The molecule has 1 saturated carbocycles. The van der Waals surface area contributed by atoms with Crippen LogP contribution in [0.1, 0.15) is 29.6 Å². The van der Waals surface area contributed by atoms with Crippen LogP contribution in [-0.2, 0) is 0 Å². The first-order chi connectivity index (χ1) is 9.04. The van der Waals surface area contributed by atoms with Crippen molar-refractivity contribution >= 4 is 17.4 Å². The van der Waals surface area contributed by atoms with Gasteiger partial charge in [0, 0.05) is 26.2 Å². The van der Waals surface area contributed by atoms with Crippen LogP contribution in [0.2, 0.25) is 0 Å². The van der Waals surface area contributed by atoms with Crippen molar-refractivity contribution in [2.75, 3.05) is 19.4 Å². The van der Waals surface area contributed by atoms with E-state index in [1.807, 2.05) is 0 Å². The topological polar surface area (TPSA) is 88.4 Å². The summed E-state index contributed by atoms with van der Waals surface area (Å²) in [6.45, 7) is 0. The summed E-state index contributed by atoms with van der Waals surface area (Å²) in [7, 11) is 3.34. The number of carbonyl (C=O) groups excluding carboxylic acids is 1. The van der Waals surface area contributed by atoms with Crippen LogP contribution in [0, 0.1) is 10.1 Å². The van der Waals surface area contributed by atoms with Gasteiger partial charge in [0.15, 0.2) is 0 Å². The van der Waals surface area contributed by atoms with Gasteiger partial charge in [0.1, 0.15) is 17.6 Å². The van der Waals surface area contributed by atoms with Gasteiger partial charge in [-0.2, -0.15) is 0 Å². The minimum atomic E-state index is -0.575. The molecule has 19 heavy (non-hydrogen) atoms. The van der Waals surface area contributed by atoms with Gasteiger partial charge in [-0.15, -0.1) is 0 Å². The Labute approximate surface area is 110 Å². The molecule has 1 amide bonds. The van der Waals surface area contributed by atoms with Gasteiger partial charge in [-0.1, -0.05) is 0 Å². The molecule has 102 valence electrons. The Kier molecular flexibility index (Phi) is 3.64. The molecule has 0 bridgehead atoms. The molecule has 0 unspecified atom stereocenters. The van der Waals surface area contributed by atoms with Gasteiger partial charge in [-0.25, -0.2) is 4.98 Å². The smallest absolute Gasteiger partial charge is 0.300 e. The maximum absolute atomic E-state index is 12.3. The second-order valence-corrected chi connectivity index (χ2v) is 4.59. The van der Waals surface area contributed by atoms with E-state index in [1.54, 1.807) is 19.0 Å². The van der Waals surface area contributed by atoms with Crippen molar-refractivity contribution in [1.82, 2.24) is 9.88 Å². The minimum Gasteiger partial charge on any atom is -0.373 e. The quantitative estimate of drug-likeness (QED) is 0.660. The largest absolute Gasteiger partial charge is 0.373 e. The second-order valence-electron chi connectivity index (χ2n) is 4.59. The molecule has 1 aliphatic carbocycles. The summed E-state index contributed by atoms with van der Waals surface area (Å²) in [5.41, 5.74) is -0.172. The zero-order chi connectivity index (χ0) is 14.0. The summed E-state index contributed by atoms with van der Waals surface area (Å²) in [6, 6.07) is 1.62. The van der Waals surface area contributed by atoms with Crippen LogP contribution in [0.25, 0.3) is 0 Å². The Morgan fingerprint density at radius 2 is 2.26 bits per heavy atom. The average molecular weight is 264 g/mol. The number of nitro groups is 1. The zero-order valence-electron chi connectivity index (χ0n) is 10.9. The van der Waals surface area contributed by atoms with Gasteiger partial charge in [-0.05, 0) is 19.3 Å². The summed E-state index contributed by atoms with van der Waals surface area (Å²) in [4.78, 5) is 28.2. The van der Waals surface area contributed by atoms with Crippen molar-refractivity contribution < 1.29 is 9.72 Å². The number of hydrogen-bond donors (Lipinski definition) is 1. The number of anilines is 1. The highest BCUT2D eigenvalue weighted by molar-refractivity contribution is 5.98. The lowest BCUT2D eigenvalue weighted by molar-refractivity contribution is -0.385. The number of nitrogens with one attached hydrogen (secondary N) is 1. The third kappa shape index (κ3) is 2.49. The fourth-order valence-electron chi connectivity index (χ4n) is 2.03. The molecule has 0 radical (unpaired) electrons. The van der Waals surface area contributed by atoms with E-state index in [9.17, 15) is 14.9 Å². The molecule has 1 aromatic rings. The van der Waals surface area contributed by atoms with Crippen LogP contribution < -0.4 is 5.32 Å². The fraction of sp³-hybridized carbons (Fsp3) is 0.500. The van der Waals surface area contributed by atoms with E-state index in [-0.39, 0.29) is 23.2 Å². The van der Waals surface area contributed by atoms with E-state index >= 15 is 0 Å². The first-order valence-corrected chi connectivity index (χ1v) is 6.14. The van der Waals surface area contributed by atoms with E-state index < -0.39 is 4.92 Å². The maximum Gasteiger partial charge on any atom is 0.300 e. The molecular weight excluding hydrogens is 248 g/mol. The maximum atomic E-state index is 12.3. The molecular formula is C12H16N4O3. The third-order valence-corrected chi connectivity index (χ3v) is 3.51. The van der Waals surface area contributed by atoms with Crippen molar-refractivity contribution in [3.63, 3.8) is 0 Å². The molecule has 0 atom stereocenters. The Balaban J connectivity index is 2.34. The second kappa shape index (κ2) is 5.21. The third-order valence-electron chi connectivity index (χ3n) is 3.51. The Bertz CT molecular complexity index is 514. The monoisotopic (exact) mass is 264 g/mol. The molecule has 0 aliphatic heterocycles. The summed E-state index contributed by atoms with van der Waals surface area (Å²) in [5, 5.41) is 13.8. The lowest BCUT2D eigenvalue weighted by Gasteiger charge is -2.34. The van der Waals surface area contributed by atoms with Crippen molar-refractivity contribution in [3.8, 4) is 0 Å². The van der Waals surface area contributed by atoms with Gasteiger partial charge in [0.05, 0.1) is 4.92 Å². The molecule has 7 nitrogen and oxygen atoms in total. The van der Waals surface area contributed by atoms with Gasteiger partial charge in [0.25, 0.3) is 11.6 Å². The first-order valence-electron chi connectivity index (χ1n) is 6.14. The molecule has 0 saturated heterocycles. The number of pyridine rings is 1. The molecule has 0 aromatic carbocycles.